The van der Waals surface area contributed by atoms with E-state index in [1.54, 1.807) is 24.8 Å². The van der Waals surface area contributed by atoms with E-state index in [-0.39, 0.29) is 5.91 Å². The lowest BCUT2D eigenvalue weighted by Crippen LogP contribution is -2.47. The second-order valence-corrected chi connectivity index (χ2v) is 8.56. The maximum absolute atomic E-state index is 13.1. The predicted molar refractivity (Wildman–Crippen MR) is 131 cm³/mol. The lowest BCUT2D eigenvalue weighted by atomic mass is 10.0. The van der Waals surface area contributed by atoms with Gasteiger partial charge in [-0.25, -0.2) is 9.97 Å². The number of nitrogens with zero attached hydrogens (tertiary/aromatic N) is 5. The first-order chi connectivity index (χ1) is 16.1. The van der Waals surface area contributed by atoms with E-state index >= 15 is 0 Å². The minimum Gasteiger partial charge on any atom is -0.366 e. The standard InChI is InChI=1S/C25H27N7O/c1-17(2)18-3-4-21(30-25(33)20-13-19-5-6-28-24(19)29-15-20)22(14-18)31-9-11-32(12-10-31)23-16-26-7-8-27-23/h3-8,13-17H,9-12H2,1-2H3,(H,28,29)(H,30,33). The molecule has 1 amide bonds. The van der Waals surface area contributed by atoms with Gasteiger partial charge in [0.05, 0.1) is 23.1 Å². The van der Waals surface area contributed by atoms with Crippen molar-refractivity contribution in [3.63, 3.8) is 0 Å². The Morgan fingerprint density at radius 3 is 2.58 bits per heavy atom. The average Bonchev–Trinajstić information content (AvgIpc) is 3.33. The van der Waals surface area contributed by atoms with Gasteiger partial charge in [0.1, 0.15) is 11.5 Å². The average molecular weight is 442 g/mol. The molecule has 0 radical (unpaired) electrons. The van der Waals surface area contributed by atoms with Crippen molar-refractivity contribution in [2.45, 2.75) is 19.8 Å². The Labute approximate surface area is 192 Å². The van der Waals surface area contributed by atoms with Gasteiger partial charge in [-0.1, -0.05) is 19.9 Å². The number of pyridine rings is 1. The minimum absolute atomic E-state index is 0.164. The van der Waals surface area contributed by atoms with Crippen molar-refractivity contribution in [1.82, 2.24) is 19.9 Å². The predicted octanol–water partition coefficient (Wildman–Crippen LogP) is 4.06. The van der Waals surface area contributed by atoms with Crippen molar-refractivity contribution in [1.29, 1.82) is 0 Å². The molecule has 8 heteroatoms. The molecule has 1 aromatic carbocycles. The Morgan fingerprint density at radius 1 is 1.00 bits per heavy atom. The lowest BCUT2D eigenvalue weighted by molar-refractivity contribution is 0.102. The zero-order chi connectivity index (χ0) is 22.8. The first-order valence-corrected chi connectivity index (χ1v) is 11.2. The number of H-pyrrole nitrogens is 1. The fraction of sp³-hybridized carbons (Fsp3) is 0.280. The topological polar surface area (TPSA) is 90.0 Å². The van der Waals surface area contributed by atoms with E-state index in [9.17, 15) is 4.79 Å². The second-order valence-electron chi connectivity index (χ2n) is 8.56. The van der Waals surface area contributed by atoms with Crippen LogP contribution in [0.5, 0.6) is 0 Å². The number of hydrogen-bond acceptors (Lipinski definition) is 6. The molecule has 1 fully saturated rings. The van der Waals surface area contributed by atoms with Crippen LogP contribution in [-0.4, -0.2) is 52.0 Å². The number of benzene rings is 1. The molecule has 5 rings (SSSR count). The first kappa shape index (κ1) is 20.9. The highest BCUT2D eigenvalue weighted by Crippen LogP contribution is 2.32. The van der Waals surface area contributed by atoms with E-state index in [0.29, 0.717) is 11.5 Å². The Kier molecular flexibility index (Phi) is 5.64. The molecule has 168 valence electrons. The molecule has 1 saturated heterocycles. The van der Waals surface area contributed by atoms with E-state index in [4.69, 9.17) is 0 Å². The normalized spacial score (nSPS) is 14.2. The van der Waals surface area contributed by atoms with Crippen LogP contribution in [0.25, 0.3) is 11.0 Å². The number of amides is 1. The molecule has 0 aliphatic carbocycles. The SMILES string of the molecule is CC(C)c1ccc(NC(=O)c2cnc3[nH]ccc3c2)c(N2CCN(c3cnccn3)CC2)c1. The zero-order valence-electron chi connectivity index (χ0n) is 18.8. The van der Waals surface area contributed by atoms with Crippen LogP contribution in [0.15, 0.2) is 61.3 Å². The minimum atomic E-state index is -0.164. The number of nitrogens with one attached hydrogen (secondary N) is 2. The summed E-state index contributed by atoms with van der Waals surface area (Å²) in [6.45, 7) is 7.70. The van der Waals surface area contributed by atoms with Crippen molar-refractivity contribution in [3.8, 4) is 0 Å². The summed E-state index contributed by atoms with van der Waals surface area (Å²) in [5.41, 5.74) is 4.41. The molecule has 0 saturated carbocycles. The second kappa shape index (κ2) is 8.90. The number of carbonyl (C=O) groups is 1. The molecule has 2 N–H and O–H groups in total. The van der Waals surface area contributed by atoms with Crippen LogP contribution >= 0.6 is 0 Å². The van der Waals surface area contributed by atoms with Gasteiger partial charge in [-0.2, -0.15) is 0 Å². The molecular formula is C25H27N7O. The summed E-state index contributed by atoms with van der Waals surface area (Å²) >= 11 is 0. The molecule has 4 aromatic rings. The number of hydrogen-bond donors (Lipinski definition) is 2. The van der Waals surface area contributed by atoms with E-state index in [2.05, 4.69) is 61.0 Å². The molecule has 0 atom stereocenters. The molecule has 4 heterocycles. The van der Waals surface area contributed by atoms with E-state index in [1.165, 1.54) is 5.56 Å². The fourth-order valence-corrected chi connectivity index (χ4v) is 4.16. The third kappa shape index (κ3) is 4.37. The van der Waals surface area contributed by atoms with Gasteiger partial charge >= 0.3 is 0 Å². The number of piperazine rings is 1. The van der Waals surface area contributed by atoms with Crippen LogP contribution in [0.4, 0.5) is 17.2 Å². The van der Waals surface area contributed by atoms with E-state index < -0.39 is 0 Å². The molecule has 8 nitrogen and oxygen atoms in total. The van der Waals surface area contributed by atoms with Crippen molar-refractivity contribution in [2.75, 3.05) is 41.3 Å². The van der Waals surface area contributed by atoms with E-state index in [0.717, 1.165) is 54.4 Å². The highest BCUT2D eigenvalue weighted by atomic mass is 16.1. The van der Waals surface area contributed by atoms with Crippen molar-refractivity contribution < 1.29 is 4.79 Å². The summed E-state index contributed by atoms with van der Waals surface area (Å²) in [4.78, 5) is 33.7. The van der Waals surface area contributed by atoms with Crippen molar-refractivity contribution in [2.24, 2.45) is 0 Å². The number of aromatic amines is 1. The molecule has 0 bridgehead atoms. The molecular weight excluding hydrogens is 414 g/mol. The third-order valence-corrected chi connectivity index (χ3v) is 6.09. The number of aromatic nitrogens is 4. The van der Waals surface area contributed by atoms with Gasteiger partial charge in [-0.3, -0.25) is 9.78 Å². The van der Waals surface area contributed by atoms with E-state index in [1.807, 2.05) is 24.4 Å². The Bertz CT molecular complexity index is 1260. The lowest BCUT2D eigenvalue weighted by Gasteiger charge is -2.37. The maximum atomic E-state index is 13.1. The van der Waals surface area contributed by atoms with Crippen LogP contribution in [0, 0.1) is 0 Å². The van der Waals surface area contributed by atoms with Crippen LogP contribution in [0.2, 0.25) is 0 Å². The Morgan fingerprint density at radius 2 is 1.82 bits per heavy atom. The van der Waals surface area contributed by atoms with Crippen LogP contribution in [-0.2, 0) is 0 Å². The van der Waals surface area contributed by atoms with Gasteiger partial charge in [0.25, 0.3) is 5.91 Å². The van der Waals surface area contributed by atoms with Crippen LogP contribution in [0.3, 0.4) is 0 Å². The zero-order valence-corrected chi connectivity index (χ0v) is 18.8. The third-order valence-electron chi connectivity index (χ3n) is 6.09. The van der Waals surface area contributed by atoms with Crippen LogP contribution < -0.4 is 15.1 Å². The summed E-state index contributed by atoms with van der Waals surface area (Å²) in [5, 5.41) is 4.04. The molecule has 0 spiro atoms. The van der Waals surface area contributed by atoms with Gasteiger partial charge in [-0.05, 0) is 35.7 Å². The highest BCUT2D eigenvalue weighted by Gasteiger charge is 2.22. The molecule has 0 unspecified atom stereocenters. The van der Waals surface area contributed by atoms with Gasteiger partial charge in [-0.15, -0.1) is 0 Å². The summed E-state index contributed by atoms with van der Waals surface area (Å²) in [7, 11) is 0. The summed E-state index contributed by atoms with van der Waals surface area (Å²) in [6.07, 6.45) is 8.64. The number of anilines is 3. The van der Waals surface area contributed by atoms with Crippen molar-refractivity contribution >= 4 is 34.1 Å². The van der Waals surface area contributed by atoms with Gasteiger partial charge < -0.3 is 20.1 Å². The van der Waals surface area contributed by atoms with Crippen molar-refractivity contribution in [3.05, 3.63) is 72.4 Å². The molecule has 1 aliphatic heterocycles. The molecule has 33 heavy (non-hydrogen) atoms. The van der Waals surface area contributed by atoms with Gasteiger partial charge in [0.2, 0.25) is 0 Å². The number of fused-ring (bicyclic) bond motifs is 1. The maximum Gasteiger partial charge on any atom is 0.257 e. The fourth-order valence-electron chi connectivity index (χ4n) is 4.16. The van der Waals surface area contributed by atoms with Crippen LogP contribution in [0.1, 0.15) is 35.7 Å². The largest absolute Gasteiger partial charge is 0.366 e. The number of carbonyl (C=O) groups excluding carboxylic acids is 1. The Hall–Kier alpha value is -3.94. The van der Waals surface area contributed by atoms with Gasteiger partial charge in [0.15, 0.2) is 0 Å². The molecule has 3 aromatic heterocycles. The monoisotopic (exact) mass is 441 g/mol. The Balaban J connectivity index is 1.38. The highest BCUT2D eigenvalue weighted by molar-refractivity contribution is 6.07. The quantitative estimate of drug-likeness (QED) is 0.486. The van der Waals surface area contributed by atoms with Gasteiger partial charge in [0, 0.05) is 56.4 Å². The first-order valence-electron chi connectivity index (χ1n) is 11.2. The summed E-state index contributed by atoms with van der Waals surface area (Å²) in [6, 6.07) is 10.1. The molecule has 1 aliphatic rings. The number of rotatable bonds is 5. The summed E-state index contributed by atoms with van der Waals surface area (Å²) in [5.74, 6) is 1.13. The smallest absolute Gasteiger partial charge is 0.257 e. The summed E-state index contributed by atoms with van der Waals surface area (Å²) < 4.78 is 0.